The number of aromatic nitrogens is 1. The van der Waals surface area contributed by atoms with E-state index in [1.165, 1.54) is 5.69 Å². The van der Waals surface area contributed by atoms with Gasteiger partial charge in [0.1, 0.15) is 5.82 Å². The van der Waals surface area contributed by atoms with Crippen molar-refractivity contribution in [2.75, 3.05) is 36.8 Å². The molecule has 1 aliphatic heterocycles. The van der Waals surface area contributed by atoms with Crippen LogP contribution in [0.3, 0.4) is 0 Å². The Labute approximate surface area is 182 Å². The number of anilines is 1. The van der Waals surface area contributed by atoms with Gasteiger partial charge in [-0.05, 0) is 64.7 Å². The van der Waals surface area contributed by atoms with Crippen molar-refractivity contribution in [3.8, 4) is 11.1 Å². The van der Waals surface area contributed by atoms with E-state index < -0.39 is 0 Å². The quantitative estimate of drug-likeness (QED) is 0.369. The van der Waals surface area contributed by atoms with Gasteiger partial charge in [-0.1, -0.05) is 43.2 Å². The first kappa shape index (κ1) is 20.6. The second-order valence-corrected chi connectivity index (χ2v) is 8.62. The van der Waals surface area contributed by atoms with E-state index in [1.54, 1.807) is 24.5 Å². The minimum absolute atomic E-state index is 0.236. The minimum Gasteiger partial charge on any atom is -0.369 e. The zero-order chi connectivity index (χ0) is 20.8. The van der Waals surface area contributed by atoms with Crippen LogP contribution in [-0.4, -0.2) is 41.2 Å². The number of halogens is 1. The molecule has 0 saturated carbocycles. The molecule has 4 rings (SSSR count). The van der Waals surface area contributed by atoms with Crippen LogP contribution in [0.1, 0.15) is 18.1 Å². The van der Waals surface area contributed by atoms with Gasteiger partial charge < -0.3 is 4.90 Å². The van der Waals surface area contributed by atoms with Crippen LogP contribution >= 0.6 is 11.9 Å². The lowest BCUT2D eigenvalue weighted by Gasteiger charge is -2.35. The molecule has 30 heavy (non-hydrogen) atoms. The predicted molar refractivity (Wildman–Crippen MR) is 127 cm³/mol. The molecule has 1 fully saturated rings. The van der Waals surface area contributed by atoms with E-state index in [4.69, 9.17) is 0 Å². The first-order valence-electron chi connectivity index (χ1n) is 10.3. The summed E-state index contributed by atoms with van der Waals surface area (Å²) in [6, 6.07) is 17.5. The van der Waals surface area contributed by atoms with Crippen LogP contribution in [-0.2, 0) is 0 Å². The molecule has 2 heterocycles. The van der Waals surface area contributed by atoms with Gasteiger partial charge in [-0.15, -0.1) is 0 Å². The Bertz CT molecular complexity index is 981. The number of nitrogens with zero attached hydrogens (tertiary/aromatic N) is 3. The van der Waals surface area contributed by atoms with Gasteiger partial charge in [0.25, 0.3) is 0 Å². The fourth-order valence-electron chi connectivity index (χ4n) is 3.67. The zero-order valence-electron chi connectivity index (χ0n) is 17.2. The normalized spacial score (nSPS) is 15.1. The van der Waals surface area contributed by atoms with Crippen molar-refractivity contribution >= 4 is 29.8 Å². The molecular weight excluding hydrogens is 393 g/mol. The first-order valence-corrected chi connectivity index (χ1v) is 11.3. The summed E-state index contributed by atoms with van der Waals surface area (Å²) < 4.78 is 16.6. The molecule has 5 heteroatoms. The van der Waals surface area contributed by atoms with E-state index in [0.717, 1.165) is 54.2 Å². The molecule has 0 radical (unpaired) electrons. The highest BCUT2D eigenvalue weighted by molar-refractivity contribution is 7.96. The van der Waals surface area contributed by atoms with Crippen molar-refractivity contribution < 1.29 is 4.39 Å². The molecule has 3 nitrogen and oxygen atoms in total. The third kappa shape index (κ3) is 5.29. The monoisotopic (exact) mass is 419 g/mol. The summed E-state index contributed by atoms with van der Waals surface area (Å²) in [4.78, 5) is 6.47. The molecule has 0 amide bonds. The fraction of sp³-hybridized carbons (Fsp3) is 0.240. The largest absolute Gasteiger partial charge is 0.369 e. The van der Waals surface area contributed by atoms with Crippen LogP contribution in [0.2, 0.25) is 0 Å². The van der Waals surface area contributed by atoms with Crippen molar-refractivity contribution in [2.45, 2.75) is 6.92 Å². The van der Waals surface area contributed by atoms with Crippen molar-refractivity contribution in [2.24, 2.45) is 0 Å². The van der Waals surface area contributed by atoms with Crippen LogP contribution in [0.25, 0.3) is 23.3 Å². The van der Waals surface area contributed by atoms with Gasteiger partial charge in [0.15, 0.2) is 0 Å². The van der Waals surface area contributed by atoms with E-state index in [2.05, 4.69) is 45.4 Å². The summed E-state index contributed by atoms with van der Waals surface area (Å²) >= 11 is 1.92. The number of piperazine rings is 1. The number of pyridine rings is 1. The van der Waals surface area contributed by atoms with E-state index in [-0.39, 0.29) is 5.82 Å². The average Bonchev–Trinajstić information content (AvgIpc) is 2.79. The number of hydrogen-bond acceptors (Lipinski definition) is 4. The van der Waals surface area contributed by atoms with Gasteiger partial charge in [-0.2, -0.15) is 0 Å². The fourth-order valence-corrected chi connectivity index (χ4v) is 4.45. The van der Waals surface area contributed by atoms with Crippen LogP contribution < -0.4 is 4.90 Å². The zero-order valence-corrected chi connectivity index (χ0v) is 18.0. The molecule has 0 atom stereocenters. The molecule has 0 unspecified atom stereocenters. The lowest BCUT2D eigenvalue weighted by molar-refractivity contribution is 0.430. The molecule has 154 valence electrons. The Morgan fingerprint density at radius 3 is 2.27 bits per heavy atom. The Kier molecular flexibility index (Phi) is 6.82. The summed E-state index contributed by atoms with van der Waals surface area (Å²) in [6.07, 6.45) is 7.44. The second-order valence-electron chi connectivity index (χ2n) is 7.27. The van der Waals surface area contributed by atoms with Crippen LogP contribution in [0, 0.1) is 5.82 Å². The molecule has 1 aliphatic rings. The molecule has 0 bridgehead atoms. The Hall–Kier alpha value is -2.63. The predicted octanol–water partition coefficient (Wildman–Crippen LogP) is 5.85. The Morgan fingerprint density at radius 2 is 1.57 bits per heavy atom. The van der Waals surface area contributed by atoms with E-state index in [9.17, 15) is 4.39 Å². The molecule has 0 aliphatic carbocycles. The molecule has 0 N–H and O–H groups in total. The summed E-state index contributed by atoms with van der Waals surface area (Å²) in [5.41, 5.74) is 5.02. The first-order chi connectivity index (χ1) is 14.7. The summed E-state index contributed by atoms with van der Waals surface area (Å²) in [6.45, 7) is 6.51. The lowest BCUT2D eigenvalue weighted by Crippen LogP contribution is -2.43. The van der Waals surface area contributed by atoms with Crippen molar-refractivity contribution in [3.63, 3.8) is 0 Å². The van der Waals surface area contributed by atoms with E-state index in [0.29, 0.717) is 0 Å². The standard InChI is InChI=1S/C25H26FN3S/c1-2-30-29-15-13-28(14-16-29)25-7-5-20(6-8-25)3-4-21-17-23(19-24(26)18-21)22-9-11-27-12-10-22/h3-12,17-19H,2,13-16H2,1H3/b4-3+. The summed E-state index contributed by atoms with van der Waals surface area (Å²) in [5, 5.41) is 0. The molecule has 1 saturated heterocycles. The summed E-state index contributed by atoms with van der Waals surface area (Å²) in [5.74, 6) is 0.899. The average molecular weight is 420 g/mol. The molecular formula is C25H26FN3S. The topological polar surface area (TPSA) is 19.4 Å². The van der Waals surface area contributed by atoms with Gasteiger partial charge in [-0.25, -0.2) is 8.70 Å². The smallest absolute Gasteiger partial charge is 0.124 e. The SMILES string of the molecule is CCSN1CCN(c2ccc(/C=C/c3cc(F)cc(-c4ccncc4)c3)cc2)CC1. The van der Waals surface area contributed by atoms with Crippen LogP contribution in [0.5, 0.6) is 0 Å². The maximum Gasteiger partial charge on any atom is 0.124 e. The molecule has 3 aromatic rings. The van der Waals surface area contributed by atoms with Crippen LogP contribution in [0.4, 0.5) is 10.1 Å². The maximum absolute atomic E-state index is 14.1. The molecule has 1 aromatic heterocycles. The number of benzene rings is 2. The highest BCUT2D eigenvalue weighted by atomic mass is 32.2. The Balaban J connectivity index is 1.43. The third-order valence-electron chi connectivity index (χ3n) is 5.21. The third-order valence-corrected chi connectivity index (χ3v) is 6.20. The molecule has 2 aromatic carbocycles. The number of rotatable bonds is 6. The van der Waals surface area contributed by atoms with E-state index >= 15 is 0 Å². The number of hydrogen-bond donors (Lipinski definition) is 0. The summed E-state index contributed by atoms with van der Waals surface area (Å²) in [7, 11) is 0. The van der Waals surface area contributed by atoms with Gasteiger partial charge in [0, 0.05) is 50.0 Å². The highest BCUT2D eigenvalue weighted by Gasteiger charge is 2.16. The Morgan fingerprint density at radius 1 is 0.867 bits per heavy atom. The van der Waals surface area contributed by atoms with E-state index in [1.807, 2.05) is 42.3 Å². The van der Waals surface area contributed by atoms with Crippen molar-refractivity contribution in [1.82, 2.24) is 9.29 Å². The van der Waals surface area contributed by atoms with Gasteiger partial charge in [0.2, 0.25) is 0 Å². The minimum atomic E-state index is -0.236. The molecule has 0 spiro atoms. The highest BCUT2D eigenvalue weighted by Crippen LogP contribution is 2.24. The van der Waals surface area contributed by atoms with Crippen molar-refractivity contribution in [3.05, 3.63) is 83.9 Å². The van der Waals surface area contributed by atoms with Crippen molar-refractivity contribution in [1.29, 1.82) is 0 Å². The van der Waals surface area contributed by atoms with Crippen LogP contribution in [0.15, 0.2) is 67.0 Å². The second kappa shape index (κ2) is 9.92. The van der Waals surface area contributed by atoms with Gasteiger partial charge in [0.05, 0.1) is 0 Å². The maximum atomic E-state index is 14.1. The lowest BCUT2D eigenvalue weighted by atomic mass is 10.0. The van der Waals surface area contributed by atoms with Gasteiger partial charge in [-0.3, -0.25) is 4.98 Å². The van der Waals surface area contributed by atoms with Gasteiger partial charge >= 0.3 is 0 Å².